The van der Waals surface area contributed by atoms with E-state index < -0.39 is 21.6 Å². The van der Waals surface area contributed by atoms with Gasteiger partial charge in [0, 0.05) is 113 Å². The SMILES string of the molecule is CN1C[C@@H](Nc2nc(Cl)nc3c2S(=O)CC3)CCC1=O.Cc1cc(Cl)ccc1N1CCN(c2nc3c(c(N[C@H]4CCC(=O)N(C)C4)n2)S(=O)CC3)CC1. The van der Waals surface area contributed by atoms with Crippen LogP contribution in [0, 0.1) is 6.92 Å². The van der Waals surface area contributed by atoms with Crippen LogP contribution in [0.4, 0.5) is 23.3 Å². The number of piperidine rings is 2. The highest BCUT2D eigenvalue weighted by Gasteiger charge is 2.32. The van der Waals surface area contributed by atoms with Gasteiger partial charge in [0.15, 0.2) is 0 Å². The van der Waals surface area contributed by atoms with E-state index in [-0.39, 0.29) is 29.2 Å². The number of amides is 2. The minimum Gasteiger partial charge on any atom is -0.368 e. The zero-order chi connectivity index (χ0) is 37.4. The third-order valence-electron chi connectivity index (χ3n) is 10.3. The highest BCUT2D eigenvalue weighted by molar-refractivity contribution is 7.85. The van der Waals surface area contributed by atoms with E-state index in [4.69, 9.17) is 33.2 Å². The van der Waals surface area contributed by atoms with Gasteiger partial charge in [-0.25, -0.2) is 9.97 Å². The number of fused-ring (bicyclic) bond motifs is 2. The van der Waals surface area contributed by atoms with E-state index in [1.165, 1.54) is 11.3 Å². The highest BCUT2D eigenvalue weighted by Crippen LogP contribution is 2.33. The number of likely N-dealkylation sites (tertiary alicyclic amines) is 2. The van der Waals surface area contributed by atoms with Crippen molar-refractivity contribution >= 4 is 79.9 Å². The fourth-order valence-electron chi connectivity index (χ4n) is 7.46. The summed E-state index contributed by atoms with van der Waals surface area (Å²) in [4.78, 5) is 50.8. The Morgan fingerprint density at radius 1 is 0.717 bits per heavy atom. The number of aryl methyl sites for hydroxylation is 3. The van der Waals surface area contributed by atoms with Gasteiger partial charge in [0.25, 0.3) is 0 Å². The molecule has 1 aromatic carbocycles. The van der Waals surface area contributed by atoms with Gasteiger partial charge in [-0.1, -0.05) is 11.6 Å². The van der Waals surface area contributed by atoms with Crippen LogP contribution in [0.1, 0.15) is 42.6 Å². The van der Waals surface area contributed by atoms with E-state index in [2.05, 4.69) is 43.4 Å². The Hall–Kier alpha value is -3.60. The Kier molecular flexibility index (Phi) is 11.4. The van der Waals surface area contributed by atoms with E-state index in [9.17, 15) is 18.0 Å². The Bertz CT molecular complexity index is 1960. The quantitative estimate of drug-likeness (QED) is 0.352. The van der Waals surface area contributed by atoms with Gasteiger partial charge in [-0.2, -0.15) is 9.97 Å². The van der Waals surface area contributed by atoms with Gasteiger partial charge in [-0.15, -0.1) is 0 Å². The van der Waals surface area contributed by atoms with E-state index in [1.54, 1.807) is 16.8 Å². The van der Waals surface area contributed by atoms with Crippen molar-refractivity contribution in [3.05, 3.63) is 45.5 Å². The van der Waals surface area contributed by atoms with Crippen LogP contribution in [0.2, 0.25) is 10.3 Å². The molecule has 284 valence electrons. The molecular formula is C35H44Cl2N10O4S2. The van der Waals surface area contributed by atoms with Crippen LogP contribution in [-0.2, 0) is 44.0 Å². The summed E-state index contributed by atoms with van der Waals surface area (Å²) in [7, 11) is 1.46. The standard InChI is InChI=1S/C23H29ClN6O2S.C12H15ClN4O2S/c1-15-13-16(24)3-5-19(15)29-8-10-30(11-9-29)23-26-18-7-12-33(32)21(18)22(27-23)25-17-4-6-20(31)28(2)14-17;1-17-6-7(2-3-9(17)18)14-11-10-8(4-5-20(10)19)15-12(13)16-11/h3,5,13,17H,4,6-12,14H2,1-2H3,(H,25,26,27);7H,2-6H2,1H3,(H,14,15,16)/t17-,33?;7-,20?/m00/s1. The van der Waals surface area contributed by atoms with Crippen LogP contribution in [0.5, 0.6) is 0 Å². The predicted molar refractivity (Wildman–Crippen MR) is 208 cm³/mol. The van der Waals surface area contributed by atoms with Crippen molar-refractivity contribution in [1.29, 1.82) is 0 Å². The molecule has 2 unspecified atom stereocenters. The molecule has 7 heterocycles. The molecule has 8 rings (SSSR count). The molecule has 18 heteroatoms. The van der Waals surface area contributed by atoms with Crippen molar-refractivity contribution < 1.29 is 18.0 Å². The van der Waals surface area contributed by atoms with Gasteiger partial charge in [-0.05, 0) is 55.1 Å². The molecule has 0 bridgehead atoms. The molecule has 0 spiro atoms. The lowest BCUT2D eigenvalue weighted by molar-refractivity contribution is -0.132. The molecule has 3 aromatic rings. The minimum atomic E-state index is -1.08. The summed E-state index contributed by atoms with van der Waals surface area (Å²) in [6, 6.07) is 6.23. The predicted octanol–water partition coefficient (Wildman–Crippen LogP) is 3.29. The van der Waals surface area contributed by atoms with Crippen molar-refractivity contribution in [2.45, 2.75) is 67.3 Å². The Morgan fingerprint density at radius 2 is 1.25 bits per heavy atom. The van der Waals surface area contributed by atoms with Crippen LogP contribution in [0.15, 0.2) is 28.0 Å². The number of aromatic nitrogens is 4. The zero-order valence-corrected chi connectivity index (χ0v) is 33.2. The van der Waals surface area contributed by atoms with Gasteiger partial charge in [0.05, 0.1) is 33.0 Å². The first kappa shape index (κ1) is 37.7. The molecule has 0 aliphatic carbocycles. The Morgan fingerprint density at radius 3 is 1.79 bits per heavy atom. The molecule has 4 atom stereocenters. The number of piperazine rings is 1. The largest absolute Gasteiger partial charge is 0.368 e. The van der Waals surface area contributed by atoms with Crippen molar-refractivity contribution in [1.82, 2.24) is 29.7 Å². The van der Waals surface area contributed by atoms with Crippen molar-refractivity contribution in [2.24, 2.45) is 0 Å². The smallest absolute Gasteiger partial charge is 0.227 e. The number of halogens is 2. The van der Waals surface area contributed by atoms with E-state index in [1.807, 2.05) is 19.2 Å². The first-order valence-corrected chi connectivity index (χ1v) is 21.3. The van der Waals surface area contributed by atoms with Crippen LogP contribution in [-0.4, -0.2) is 127 Å². The van der Waals surface area contributed by atoms with Gasteiger partial charge >= 0.3 is 0 Å². The summed E-state index contributed by atoms with van der Waals surface area (Å²) in [5, 5.41) is 7.71. The molecule has 2 amide bonds. The van der Waals surface area contributed by atoms with Crippen LogP contribution in [0.3, 0.4) is 0 Å². The number of rotatable bonds is 6. The zero-order valence-electron chi connectivity index (χ0n) is 30.1. The van der Waals surface area contributed by atoms with E-state index in [0.29, 0.717) is 72.8 Å². The number of likely N-dealkylation sites (N-methyl/N-ethyl adjacent to an activating group) is 2. The van der Waals surface area contributed by atoms with Gasteiger partial charge in [0.1, 0.15) is 21.4 Å². The number of nitrogens with zero attached hydrogens (tertiary/aromatic N) is 8. The average Bonchev–Trinajstić information content (AvgIpc) is 3.70. The molecule has 0 radical (unpaired) electrons. The fraction of sp³-hybridized carbons (Fsp3) is 0.543. The number of anilines is 4. The fourth-order valence-corrected chi connectivity index (χ4v) is 10.5. The summed E-state index contributed by atoms with van der Waals surface area (Å²) in [5.74, 6) is 3.41. The molecule has 0 saturated carbocycles. The summed E-state index contributed by atoms with van der Waals surface area (Å²) in [6.07, 6.45) is 3.90. The van der Waals surface area contributed by atoms with E-state index in [0.717, 1.165) is 60.3 Å². The first-order chi connectivity index (χ1) is 25.4. The normalized spacial score (nSPS) is 24.1. The summed E-state index contributed by atoms with van der Waals surface area (Å²) in [5.41, 5.74) is 4.04. The lowest BCUT2D eigenvalue weighted by atomic mass is 10.1. The first-order valence-electron chi connectivity index (χ1n) is 17.9. The number of carbonyl (C=O) groups excluding carboxylic acids is 2. The maximum Gasteiger partial charge on any atom is 0.227 e. The molecule has 2 aromatic heterocycles. The lowest BCUT2D eigenvalue weighted by Crippen LogP contribution is -2.47. The van der Waals surface area contributed by atoms with Crippen molar-refractivity contribution in [3.63, 3.8) is 0 Å². The van der Waals surface area contributed by atoms with Crippen molar-refractivity contribution in [3.8, 4) is 0 Å². The summed E-state index contributed by atoms with van der Waals surface area (Å²) < 4.78 is 24.7. The molecular weight excluding hydrogens is 759 g/mol. The monoisotopic (exact) mass is 802 g/mol. The van der Waals surface area contributed by atoms with E-state index >= 15 is 0 Å². The summed E-state index contributed by atoms with van der Waals surface area (Å²) in [6.45, 7) is 6.68. The van der Waals surface area contributed by atoms with Crippen molar-refractivity contribution in [2.75, 3.05) is 85.3 Å². The molecule has 14 nitrogen and oxygen atoms in total. The Labute approximate surface area is 324 Å². The summed E-state index contributed by atoms with van der Waals surface area (Å²) >= 11 is 12.0. The number of carbonyl (C=O) groups is 2. The minimum absolute atomic E-state index is 0.0990. The number of benzene rings is 1. The molecule has 5 aliphatic heterocycles. The van der Waals surface area contributed by atoms with Crippen LogP contribution < -0.4 is 20.4 Å². The van der Waals surface area contributed by atoms with Gasteiger partial charge in [0.2, 0.25) is 23.0 Å². The number of nitrogens with one attached hydrogen (secondary N) is 2. The second-order valence-corrected chi connectivity index (χ2v) is 17.9. The van der Waals surface area contributed by atoms with Crippen LogP contribution >= 0.6 is 23.2 Å². The number of hydrogen-bond donors (Lipinski definition) is 2. The highest BCUT2D eigenvalue weighted by atomic mass is 35.5. The molecule has 5 aliphatic rings. The van der Waals surface area contributed by atoms with Gasteiger partial charge < -0.3 is 30.2 Å². The molecule has 3 saturated heterocycles. The third-order valence-corrected chi connectivity index (χ3v) is 13.7. The average molecular weight is 804 g/mol. The second kappa shape index (κ2) is 16.0. The third kappa shape index (κ3) is 8.40. The topological polar surface area (TPSA) is 157 Å². The maximum absolute atomic E-state index is 12.7. The second-order valence-electron chi connectivity index (χ2n) is 14.1. The maximum atomic E-state index is 12.7. The molecule has 3 fully saturated rings. The van der Waals surface area contributed by atoms with Crippen LogP contribution in [0.25, 0.3) is 0 Å². The molecule has 53 heavy (non-hydrogen) atoms. The number of hydrogen-bond acceptors (Lipinski definition) is 12. The Balaban J connectivity index is 0.000000186. The van der Waals surface area contributed by atoms with Gasteiger partial charge in [-0.3, -0.25) is 18.0 Å². The lowest BCUT2D eigenvalue weighted by Gasteiger charge is -2.37. The molecule has 2 N–H and O–H groups in total.